The van der Waals surface area contributed by atoms with E-state index in [2.05, 4.69) is 24.1 Å². The summed E-state index contributed by atoms with van der Waals surface area (Å²) < 4.78 is 0. The third-order valence-electron chi connectivity index (χ3n) is 5.99. The van der Waals surface area contributed by atoms with Gasteiger partial charge in [-0.05, 0) is 63.8 Å². The molecular formula is C17H32N2O. The van der Waals surface area contributed by atoms with Crippen LogP contribution in [0, 0.1) is 11.8 Å². The van der Waals surface area contributed by atoms with Gasteiger partial charge in [0.05, 0.1) is 6.61 Å². The van der Waals surface area contributed by atoms with Gasteiger partial charge in [0, 0.05) is 24.2 Å². The van der Waals surface area contributed by atoms with Crippen molar-refractivity contribution in [1.82, 2.24) is 10.2 Å². The van der Waals surface area contributed by atoms with Gasteiger partial charge in [-0.3, -0.25) is 0 Å². The lowest BCUT2D eigenvalue weighted by Crippen LogP contribution is -2.53. The Labute approximate surface area is 124 Å². The first-order valence-corrected chi connectivity index (χ1v) is 8.75. The Morgan fingerprint density at radius 3 is 2.65 bits per heavy atom. The molecule has 3 nitrogen and oxygen atoms in total. The predicted molar refractivity (Wildman–Crippen MR) is 82.7 cm³/mol. The summed E-state index contributed by atoms with van der Waals surface area (Å²) in [6, 6.07) is 1.46. The van der Waals surface area contributed by atoms with Crippen LogP contribution in [-0.4, -0.2) is 47.3 Å². The lowest BCUT2D eigenvalue weighted by atomic mass is 9.85. The van der Waals surface area contributed by atoms with Crippen molar-refractivity contribution in [3.8, 4) is 0 Å². The van der Waals surface area contributed by atoms with Gasteiger partial charge in [-0.1, -0.05) is 13.3 Å². The van der Waals surface area contributed by atoms with Crippen LogP contribution in [0.2, 0.25) is 0 Å². The third kappa shape index (κ3) is 3.05. The van der Waals surface area contributed by atoms with Crippen LogP contribution in [0.1, 0.15) is 58.8 Å². The summed E-state index contributed by atoms with van der Waals surface area (Å²) in [6.45, 7) is 7.58. The predicted octanol–water partition coefficient (Wildman–Crippen LogP) is 2.39. The maximum Gasteiger partial charge on any atom is 0.0616 e. The Hall–Kier alpha value is -0.120. The topological polar surface area (TPSA) is 35.5 Å². The molecule has 3 fully saturated rings. The van der Waals surface area contributed by atoms with Crippen molar-refractivity contribution in [3.63, 3.8) is 0 Å². The molecule has 0 radical (unpaired) electrons. The van der Waals surface area contributed by atoms with E-state index in [0.717, 1.165) is 12.0 Å². The van der Waals surface area contributed by atoms with Crippen LogP contribution in [0.5, 0.6) is 0 Å². The Morgan fingerprint density at radius 1 is 1.25 bits per heavy atom. The number of aliphatic hydroxyl groups excluding tert-OH is 1. The molecule has 3 aliphatic rings. The fourth-order valence-electron chi connectivity index (χ4n) is 4.66. The molecule has 1 aliphatic heterocycles. The average molecular weight is 280 g/mol. The molecule has 1 heterocycles. The van der Waals surface area contributed by atoms with Crippen molar-refractivity contribution < 1.29 is 5.11 Å². The van der Waals surface area contributed by atoms with Crippen molar-refractivity contribution in [3.05, 3.63) is 0 Å². The molecular weight excluding hydrogens is 248 g/mol. The third-order valence-corrected chi connectivity index (χ3v) is 5.99. The number of aliphatic hydroxyl groups is 1. The van der Waals surface area contributed by atoms with Gasteiger partial charge in [0.1, 0.15) is 0 Å². The van der Waals surface area contributed by atoms with Gasteiger partial charge in [-0.15, -0.1) is 0 Å². The monoisotopic (exact) mass is 280 g/mol. The van der Waals surface area contributed by atoms with Gasteiger partial charge in [0.25, 0.3) is 0 Å². The van der Waals surface area contributed by atoms with Gasteiger partial charge in [-0.2, -0.15) is 0 Å². The lowest BCUT2D eigenvalue weighted by Gasteiger charge is -2.36. The van der Waals surface area contributed by atoms with E-state index >= 15 is 0 Å². The second-order valence-corrected chi connectivity index (χ2v) is 7.80. The van der Waals surface area contributed by atoms with Gasteiger partial charge in [0.2, 0.25) is 0 Å². The summed E-state index contributed by atoms with van der Waals surface area (Å²) in [4.78, 5) is 2.67. The van der Waals surface area contributed by atoms with Crippen molar-refractivity contribution in [2.75, 3.05) is 19.7 Å². The van der Waals surface area contributed by atoms with Crippen LogP contribution in [0.4, 0.5) is 0 Å². The van der Waals surface area contributed by atoms with Crippen molar-refractivity contribution in [1.29, 1.82) is 0 Å². The zero-order valence-electron chi connectivity index (χ0n) is 13.3. The van der Waals surface area contributed by atoms with E-state index in [1.165, 1.54) is 58.0 Å². The van der Waals surface area contributed by atoms with Crippen molar-refractivity contribution in [2.24, 2.45) is 11.8 Å². The second-order valence-electron chi connectivity index (χ2n) is 7.80. The van der Waals surface area contributed by atoms with Crippen LogP contribution in [-0.2, 0) is 0 Å². The fourth-order valence-corrected chi connectivity index (χ4v) is 4.66. The van der Waals surface area contributed by atoms with Crippen molar-refractivity contribution in [2.45, 2.75) is 76.4 Å². The van der Waals surface area contributed by atoms with Crippen LogP contribution in [0.15, 0.2) is 0 Å². The SMILES string of the molecule is CC1CC(C)N(CCC2CCCC2(CO)NC2CC2)C1. The molecule has 116 valence electrons. The molecule has 3 heteroatoms. The normalized spacial score (nSPS) is 42.5. The number of likely N-dealkylation sites (tertiary alicyclic amines) is 1. The number of hydrogen-bond acceptors (Lipinski definition) is 3. The first kappa shape index (κ1) is 14.8. The van der Waals surface area contributed by atoms with Gasteiger partial charge < -0.3 is 15.3 Å². The molecule has 0 bridgehead atoms. The van der Waals surface area contributed by atoms with E-state index in [0.29, 0.717) is 18.6 Å². The molecule has 20 heavy (non-hydrogen) atoms. The maximum absolute atomic E-state index is 9.97. The Kier molecular flexibility index (Phi) is 4.40. The van der Waals surface area contributed by atoms with Gasteiger partial charge >= 0.3 is 0 Å². The lowest BCUT2D eigenvalue weighted by molar-refractivity contribution is 0.108. The van der Waals surface area contributed by atoms with Crippen LogP contribution in [0.25, 0.3) is 0 Å². The minimum Gasteiger partial charge on any atom is -0.394 e. The standard InChI is InChI=1S/C17H32N2O/c1-13-10-14(2)19(11-13)9-7-15-4-3-8-17(15,12-20)18-16-5-6-16/h13-16,18,20H,3-12H2,1-2H3. The van der Waals surface area contributed by atoms with E-state index in [4.69, 9.17) is 0 Å². The minimum absolute atomic E-state index is 0.0513. The minimum atomic E-state index is 0.0513. The molecule has 2 aliphatic carbocycles. The summed E-state index contributed by atoms with van der Waals surface area (Å²) in [5.74, 6) is 1.54. The first-order valence-electron chi connectivity index (χ1n) is 8.75. The van der Waals surface area contributed by atoms with E-state index < -0.39 is 0 Å². The van der Waals surface area contributed by atoms with Gasteiger partial charge in [-0.25, -0.2) is 0 Å². The summed E-state index contributed by atoms with van der Waals surface area (Å²) in [5.41, 5.74) is 0.0513. The quantitative estimate of drug-likeness (QED) is 0.784. The Morgan fingerprint density at radius 2 is 2.05 bits per heavy atom. The van der Waals surface area contributed by atoms with E-state index in [-0.39, 0.29) is 5.54 Å². The number of nitrogens with zero attached hydrogens (tertiary/aromatic N) is 1. The maximum atomic E-state index is 9.97. The number of hydrogen-bond donors (Lipinski definition) is 2. The summed E-state index contributed by atoms with van der Waals surface area (Å²) in [7, 11) is 0. The zero-order chi connectivity index (χ0) is 14.2. The second kappa shape index (κ2) is 5.94. The summed E-state index contributed by atoms with van der Waals surface area (Å²) in [5, 5.41) is 13.8. The van der Waals surface area contributed by atoms with Crippen LogP contribution >= 0.6 is 0 Å². The molecule has 4 unspecified atom stereocenters. The molecule has 0 aromatic heterocycles. The Bertz CT molecular complexity index is 331. The average Bonchev–Trinajstić information content (AvgIpc) is 3.04. The number of nitrogens with one attached hydrogen (secondary N) is 1. The molecule has 4 atom stereocenters. The van der Waals surface area contributed by atoms with Crippen LogP contribution < -0.4 is 5.32 Å². The van der Waals surface area contributed by atoms with Gasteiger partial charge in [0.15, 0.2) is 0 Å². The smallest absolute Gasteiger partial charge is 0.0616 e. The molecule has 0 spiro atoms. The zero-order valence-corrected chi connectivity index (χ0v) is 13.3. The fraction of sp³-hybridized carbons (Fsp3) is 1.00. The summed E-state index contributed by atoms with van der Waals surface area (Å²) >= 11 is 0. The molecule has 0 aromatic rings. The highest BCUT2D eigenvalue weighted by Gasteiger charge is 2.45. The largest absolute Gasteiger partial charge is 0.394 e. The van der Waals surface area contributed by atoms with E-state index in [1.54, 1.807) is 0 Å². The molecule has 1 saturated heterocycles. The summed E-state index contributed by atoms with van der Waals surface area (Å²) in [6.07, 6.45) is 9.02. The molecule has 0 amide bonds. The first-order chi connectivity index (χ1) is 9.63. The highest BCUT2D eigenvalue weighted by Crippen LogP contribution is 2.40. The number of rotatable bonds is 6. The highest BCUT2D eigenvalue weighted by molar-refractivity contribution is 5.03. The molecule has 0 aromatic carbocycles. The van der Waals surface area contributed by atoms with Crippen LogP contribution in [0.3, 0.4) is 0 Å². The molecule has 3 rings (SSSR count). The highest BCUT2D eigenvalue weighted by atomic mass is 16.3. The van der Waals surface area contributed by atoms with E-state index in [9.17, 15) is 5.11 Å². The molecule has 2 N–H and O–H groups in total. The van der Waals surface area contributed by atoms with Crippen molar-refractivity contribution >= 4 is 0 Å². The Balaban J connectivity index is 1.55. The van der Waals surface area contributed by atoms with E-state index in [1.807, 2.05) is 0 Å². The molecule has 2 saturated carbocycles.